The van der Waals surface area contributed by atoms with Crippen LogP contribution in [0.4, 0.5) is 0 Å². The van der Waals surface area contributed by atoms with E-state index in [2.05, 4.69) is 45.1 Å². The quantitative estimate of drug-likeness (QED) is 0.413. The van der Waals surface area contributed by atoms with Crippen molar-refractivity contribution in [3.8, 4) is 28.8 Å². The van der Waals surface area contributed by atoms with Crippen molar-refractivity contribution in [3.05, 3.63) is 71.2 Å². The molecule has 9 nitrogen and oxygen atoms in total. The van der Waals surface area contributed by atoms with Crippen molar-refractivity contribution in [1.82, 2.24) is 19.8 Å². The first-order valence-electron chi connectivity index (χ1n) is 14.0. The molecule has 2 aromatic carbocycles. The monoisotopic (exact) mass is 543 g/mol. The molecule has 3 aromatic rings. The molecule has 0 unspecified atom stereocenters. The van der Waals surface area contributed by atoms with Crippen LogP contribution >= 0.6 is 0 Å². The van der Waals surface area contributed by atoms with Crippen molar-refractivity contribution < 1.29 is 19.3 Å². The van der Waals surface area contributed by atoms with Crippen molar-refractivity contribution in [3.63, 3.8) is 0 Å². The molecule has 2 saturated heterocycles. The third-order valence-corrected chi connectivity index (χ3v) is 7.52. The number of β-amino-alcohol motifs (C(OH)–C–C–N with tert-alkyl or cyclic N) is 1. The molecular weight excluding hydrogens is 506 g/mol. The second-order valence-corrected chi connectivity index (χ2v) is 10.3. The molecule has 1 aromatic heterocycles. The van der Waals surface area contributed by atoms with Crippen LogP contribution in [0.3, 0.4) is 0 Å². The van der Waals surface area contributed by atoms with Crippen LogP contribution in [0, 0.1) is 11.3 Å². The maximum Gasteiger partial charge on any atom is 0.179 e. The van der Waals surface area contributed by atoms with Crippen molar-refractivity contribution in [1.29, 1.82) is 5.26 Å². The van der Waals surface area contributed by atoms with Crippen LogP contribution in [0.5, 0.6) is 11.5 Å². The van der Waals surface area contributed by atoms with E-state index in [9.17, 15) is 5.26 Å². The Labute approximate surface area is 235 Å². The third kappa shape index (κ3) is 7.14. The van der Waals surface area contributed by atoms with Gasteiger partial charge in [0.05, 0.1) is 38.2 Å². The van der Waals surface area contributed by atoms with Gasteiger partial charge in [0.15, 0.2) is 11.5 Å². The van der Waals surface area contributed by atoms with Crippen LogP contribution in [0.25, 0.3) is 11.3 Å². The maximum atomic E-state index is 9.89. The molecule has 0 spiro atoms. The number of aromatic nitrogens is 2. The van der Waals surface area contributed by atoms with Gasteiger partial charge in [0.1, 0.15) is 18.0 Å². The Bertz CT molecular complexity index is 1300. The SMILES string of the molecule is COc1cc(-c2ccnc(Cc3ccc(CN4CCN(CCO)CC4)cc3)n2)cc(C#N)c1OC1CCOCC1. The number of hydrogen-bond acceptors (Lipinski definition) is 9. The van der Waals surface area contributed by atoms with E-state index >= 15 is 0 Å². The molecule has 0 radical (unpaired) electrons. The van der Waals surface area contributed by atoms with E-state index in [4.69, 9.17) is 24.3 Å². The summed E-state index contributed by atoms with van der Waals surface area (Å²) in [6.45, 7) is 7.25. The zero-order valence-corrected chi connectivity index (χ0v) is 23.1. The molecule has 0 amide bonds. The Morgan fingerprint density at radius 1 is 1.02 bits per heavy atom. The average molecular weight is 544 g/mol. The summed E-state index contributed by atoms with van der Waals surface area (Å²) in [5, 5.41) is 19.0. The van der Waals surface area contributed by atoms with E-state index in [-0.39, 0.29) is 12.7 Å². The fourth-order valence-electron chi connectivity index (χ4n) is 5.23. The van der Waals surface area contributed by atoms with Crippen LogP contribution in [-0.4, -0.2) is 90.6 Å². The standard InChI is InChI=1S/C31H37N5O4/c1-38-29-20-25(19-26(21-32)31(29)40-27-7-16-39-17-8-27)28-6-9-33-30(34-28)18-23-2-4-24(5-3-23)22-36-12-10-35(11-13-36)14-15-37/h2-6,9,19-20,27,37H,7-8,10-18,22H2,1H3. The molecule has 5 rings (SSSR count). The molecule has 40 heavy (non-hydrogen) atoms. The lowest BCUT2D eigenvalue weighted by molar-refractivity contribution is 0.0244. The molecule has 0 bridgehead atoms. The Balaban J connectivity index is 1.25. The number of nitriles is 1. The van der Waals surface area contributed by atoms with Gasteiger partial charge in [-0.05, 0) is 29.3 Å². The molecule has 210 valence electrons. The van der Waals surface area contributed by atoms with Crippen molar-refractivity contribution in [2.45, 2.75) is 31.9 Å². The highest BCUT2D eigenvalue weighted by Crippen LogP contribution is 2.37. The summed E-state index contributed by atoms with van der Waals surface area (Å²) < 4.78 is 17.3. The Morgan fingerprint density at radius 2 is 1.75 bits per heavy atom. The van der Waals surface area contributed by atoms with Crippen molar-refractivity contribution >= 4 is 0 Å². The van der Waals surface area contributed by atoms with Gasteiger partial charge in [-0.15, -0.1) is 0 Å². The Kier molecular flexibility index (Phi) is 9.58. The molecule has 1 N–H and O–H groups in total. The normalized spacial score (nSPS) is 16.9. The van der Waals surface area contributed by atoms with Crippen LogP contribution in [0.2, 0.25) is 0 Å². The molecule has 2 aliphatic rings. The summed E-state index contributed by atoms with van der Waals surface area (Å²) in [7, 11) is 1.59. The van der Waals surface area contributed by atoms with E-state index in [1.165, 1.54) is 5.56 Å². The molecule has 0 saturated carbocycles. The van der Waals surface area contributed by atoms with Gasteiger partial charge >= 0.3 is 0 Å². The molecule has 2 aliphatic heterocycles. The first-order chi connectivity index (χ1) is 19.6. The Hall–Kier alpha value is -3.55. The molecule has 2 fully saturated rings. The van der Waals surface area contributed by atoms with Crippen molar-refractivity contribution in [2.24, 2.45) is 0 Å². The minimum absolute atomic E-state index is 0.000253. The number of aliphatic hydroxyl groups is 1. The molecular formula is C31H37N5O4. The number of aliphatic hydroxyl groups excluding tert-OH is 1. The zero-order chi connectivity index (χ0) is 27.7. The molecule has 0 aliphatic carbocycles. The Morgan fingerprint density at radius 3 is 2.45 bits per heavy atom. The minimum atomic E-state index is -0.000253. The van der Waals surface area contributed by atoms with Gasteiger partial charge in [-0.3, -0.25) is 9.80 Å². The largest absolute Gasteiger partial charge is 0.493 e. The number of benzene rings is 2. The predicted molar refractivity (Wildman–Crippen MR) is 151 cm³/mol. The van der Waals surface area contributed by atoms with Crippen LogP contribution < -0.4 is 9.47 Å². The lowest BCUT2D eigenvalue weighted by Gasteiger charge is -2.34. The number of hydrogen-bond donors (Lipinski definition) is 1. The summed E-state index contributed by atoms with van der Waals surface area (Å²) in [5.41, 5.74) is 4.36. The van der Waals surface area contributed by atoms with Crippen LogP contribution in [-0.2, 0) is 17.7 Å². The molecule has 9 heteroatoms. The molecule has 3 heterocycles. The summed E-state index contributed by atoms with van der Waals surface area (Å²) in [6.07, 6.45) is 3.94. The summed E-state index contributed by atoms with van der Waals surface area (Å²) in [6, 6.07) is 16.5. The van der Waals surface area contributed by atoms with Gasteiger partial charge < -0.3 is 19.3 Å². The maximum absolute atomic E-state index is 9.89. The first-order valence-corrected chi connectivity index (χ1v) is 14.0. The van der Waals surface area contributed by atoms with Crippen LogP contribution in [0.15, 0.2) is 48.7 Å². The summed E-state index contributed by atoms with van der Waals surface area (Å²) in [5.74, 6) is 1.71. The van der Waals surface area contributed by atoms with Gasteiger partial charge in [0.25, 0.3) is 0 Å². The van der Waals surface area contributed by atoms with Gasteiger partial charge in [-0.1, -0.05) is 24.3 Å². The topological polar surface area (TPSA) is 104 Å². The summed E-state index contributed by atoms with van der Waals surface area (Å²) >= 11 is 0. The van der Waals surface area contributed by atoms with Gasteiger partial charge in [-0.2, -0.15) is 5.26 Å². The first kappa shape index (κ1) is 28.0. The number of rotatable bonds is 10. The highest BCUT2D eigenvalue weighted by molar-refractivity contribution is 5.68. The van der Waals surface area contributed by atoms with Crippen molar-refractivity contribution in [2.75, 3.05) is 59.7 Å². The average Bonchev–Trinajstić information content (AvgIpc) is 3.00. The lowest BCUT2D eigenvalue weighted by Crippen LogP contribution is -2.46. The van der Waals surface area contributed by atoms with E-state index in [0.717, 1.165) is 68.9 Å². The number of ether oxygens (including phenoxy) is 3. The second-order valence-electron chi connectivity index (χ2n) is 10.3. The smallest absolute Gasteiger partial charge is 0.179 e. The fraction of sp³-hybridized carbons (Fsp3) is 0.452. The third-order valence-electron chi connectivity index (χ3n) is 7.52. The van der Waals surface area contributed by atoms with Gasteiger partial charge in [-0.25, -0.2) is 9.97 Å². The van der Waals surface area contributed by atoms with E-state index < -0.39 is 0 Å². The van der Waals surface area contributed by atoms with Gasteiger partial charge in [0.2, 0.25) is 0 Å². The van der Waals surface area contributed by atoms with E-state index in [1.807, 2.05) is 18.2 Å². The number of piperazine rings is 1. The van der Waals surface area contributed by atoms with E-state index in [1.54, 1.807) is 13.3 Å². The summed E-state index contributed by atoms with van der Waals surface area (Å²) in [4.78, 5) is 14.1. The number of methoxy groups -OCH3 is 1. The second kappa shape index (κ2) is 13.7. The number of nitrogens with zero attached hydrogens (tertiary/aromatic N) is 5. The van der Waals surface area contributed by atoms with E-state index in [0.29, 0.717) is 42.5 Å². The van der Waals surface area contributed by atoms with Crippen LogP contribution in [0.1, 0.15) is 35.4 Å². The lowest BCUT2D eigenvalue weighted by atomic mass is 10.0. The fourth-order valence-corrected chi connectivity index (χ4v) is 5.23. The minimum Gasteiger partial charge on any atom is -0.493 e. The highest BCUT2D eigenvalue weighted by Gasteiger charge is 2.22. The highest BCUT2D eigenvalue weighted by atomic mass is 16.5. The predicted octanol–water partition coefficient (Wildman–Crippen LogP) is 3.28. The zero-order valence-electron chi connectivity index (χ0n) is 23.1. The van der Waals surface area contributed by atoms with Gasteiger partial charge in [0, 0.05) is 70.3 Å². The molecule has 0 atom stereocenters.